The van der Waals surface area contributed by atoms with E-state index in [2.05, 4.69) is 41.4 Å². The van der Waals surface area contributed by atoms with Crippen LogP contribution in [0.2, 0.25) is 0 Å². The summed E-state index contributed by atoms with van der Waals surface area (Å²) in [6, 6.07) is 5.92. The van der Waals surface area contributed by atoms with Gasteiger partial charge in [-0.15, -0.1) is 0 Å². The number of H-pyrrole nitrogens is 1. The highest BCUT2D eigenvalue weighted by Gasteiger charge is 2.12. The lowest BCUT2D eigenvalue weighted by atomic mass is 9.99. The Labute approximate surface area is 108 Å². The molecule has 1 aromatic heterocycles. The van der Waals surface area contributed by atoms with Crippen molar-refractivity contribution < 1.29 is 0 Å². The highest BCUT2D eigenvalue weighted by atomic mass is 127. The molecule has 1 N–H and O–H groups in total. The summed E-state index contributed by atoms with van der Waals surface area (Å²) in [4.78, 5) is 15.6. The lowest BCUT2D eigenvalue weighted by Gasteiger charge is -2.10. The van der Waals surface area contributed by atoms with Gasteiger partial charge in [0.25, 0.3) is 0 Å². The molecule has 2 nitrogen and oxygen atoms in total. The second kappa shape index (κ2) is 4.20. The lowest BCUT2D eigenvalue weighted by Crippen LogP contribution is -2.14. The van der Waals surface area contributed by atoms with Crippen molar-refractivity contribution in [3.05, 3.63) is 43.2 Å². The molecular formula is C13H14INO. The molecular weight excluding hydrogens is 313 g/mol. The van der Waals surface area contributed by atoms with E-state index in [0.717, 1.165) is 25.7 Å². The minimum absolute atomic E-state index is 0.166. The van der Waals surface area contributed by atoms with Crippen LogP contribution in [0.15, 0.2) is 23.0 Å². The number of halogens is 1. The maximum absolute atomic E-state index is 12.3. The van der Waals surface area contributed by atoms with Gasteiger partial charge in [-0.05, 0) is 53.6 Å². The zero-order chi connectivity index (χ0) is 11.9. The van der Waals surface area contributed by atoms with E-state index in [1.54, 1.807) is 0 Å². The average molecular weight is 327 g/mol. The molecule has 0 saturated heterocycles. The summed E-state index contributed by atoms with van der Waals surface area (Å²) in [5.41, 5.74) is 2.97. The Balaban J connectivity index is 2.91. The first-order valence-electron chi connectivity index (χ1n) is 5.32. The third-order valence-electron chi connectivity index (χ3n) is 2.77. The summed E-state index contributed by atoms with van der Waals surface area (Å²) in [6.07, 6.45) is 0. The fourth-order valence-corrected chi connectivity index (χ4v) is 2.58. The average Bonchev–Trinajstić information content (AvgIpc) is 2.19. The van der Waals surface area contributed by atoms with E-state index in [0.29, 0.717) is 0 Å². The summed E-state index contributed by atoms with van der Waals surface area (Å²) < 4.78 is 1.09. The molecule has 0 unspecified atom stereocenters. The number of fused-ring (bicyclic) bond motifs is 1. The van der Waals surface area contributed by atoms with Gasteiger partial charge in [0, 0.05) is 25.7 Å². The first kappa shape index (κ1) is 11.6. The van der Waals surface area contributed by atoms with Crippen molar-refractivity contribution in [2.75, 3.05) is 0 Å². The molecule has 0 radical (unpaired) electrons. The minimum Gasteiger partial charge on any atom is -0.358 e. The van der Waals surface area contributed by atoms with Crippen molar-refractivity contribution in [3.8, 4) is 0 Å². The summed E-state index contributed by atoms with van der Waals surface area (Å²) in [5, 5.41) is 0.793. The highest BCUT2D eigenvalue weighted by molar-refractivity contribution is 14.1. The molecule has 3 heteroatoms. The van der Waals surface area contributed by atoms with Gasteiger partial charge < -0.3 is 4.98 Å². The van der Waals surface area contributed by atoms with Crippen LogP contribution in [0.3, 0.4) is 0 Å². The third-order valence-corrected chi connectivity index (χ3v) is 3.45. The van der Waals surface area contributed by atoms with Crippen LogP contribution in [0, 0.1) is 10.5 Å². The first-order chi connectivity index (χ1) is 7.50. The number of aromatic nitrogens is 1. The van der Waals surface area contributed by atoms with Crippen molar-refractivity contribution in [1.82, 2.24) is 4.98 Å². The van der Waals surface area contributed by atoms with Crippen molar-refractivity contribution in [2.45, 2.75) is 26.7 Å². The maximum atomic E-state index is 12.3. The van der Waals surface area contributed by atoms with Gasteiger partial charge in [-0.3, -0.25) is 4.79 Å². The minimum atomic E-state index is 0.166. The Kier molecular flexibility index (Phi) is 3.06. The monoisotopic (exact) mass is 327 g/mol. The first-order valence-corrected chi connectivity index (χ1v) is 6.40. The number of aromatic amines is 1. The molecule has 0 atom stereocenters. The molecule has 0 aliphatic rings. The van der Waals surface area contributed by atoms with Crippen molar-refractivity contribution in [1.29, 1.82) is 0 Å². The van der Waals surface area contributed by atoms with Gasteiger partial charge in [0.15, 0.2) is 5.43 Å². The Hall–Kier alpha value is -0.840. The Bertz CT molecular complexity index is 599. The number of nitrogens with one attached hydrogen (secondary N) is 1. The SMILES string of the molecule is Cc1[nH]c2ccc(I)cc2c(=O)c1C(C)C. The van der Waals surface area contributed by atoms with Gasteiger partial charge >= 0.3 is 0 Å². The summed E-state index contributed by atoms with van der Waals surface area (Å²) in [6.45, 7) is 6.07. The van der Waals surface area contributed by atoms with Crippen LogP contribution in [-0.2, 0) is 0 Å². The van der Waals surface area contributed by atoms with Gasteiger partial charge in [-0.25, -0.2) is 0 Å². The number of hydrogen-bond acceptors (Lipinski definition) is 1. The molecule has 0 fully saturated rings. The second-order valence-electron chi connectivity index (χ2n) is 4.34. The molecule has 2 rings (SSSR count). The highest BCUT2D eigenvalue weighted by Crippen LogP contribution is 2.19. The fraction of sp³-hybridized carbons (Fsp3) is 0.308. The zero-order valence-corrected chi connectivity index (χ0v) is 11.8. The van der Waals surface area contributed by atoms with E-state index in [1.165, 1.54) is 0 Å². The van der Waals surface area contributed by atoms with E-state index >= 15 is 0 Å². The molecule has 84 valence electrons. The van der Waals surface area contributed by atoms with Crippen LogP contribution in [0.5, 0.6) is 0 Å². The molecule has 0 amide bonds. The largest absolute Gasteiger partial charge is 0.358 e. The Morgan fingerprint density at radius 1 is 1.31 bits per heavy atom. The fourth-order valence-electron chi connectivity index (χ4n) is 2.09. The molecule has 0 saturated carbocycles. The van der Waals surface area contributed by atoms with Crippen LogP contribution in [0.4, 0.5) is 0 Å². The van der Waals surface area contributed by atoms with Crippen molar-refractivity contribution >= 4 is 33.5 Å². The van der Waals surface area contributed by atoms with E-state index in [-0.39, 0.29) is 11.3 Å². The van der Waals surface area contributed by atoms with Gasteiger partial charge in [0.05, 0.1) is 0 Å². The predicted octanol–water partition coefficient (Wildman–Crippen LogP) is 3.56. The molecule has 0 spiro atoms. The van der Waals surface area contributed by atoms with Crippen LogP contribution in [0.25, 0.3) is 10.9 Å². The maximum Gasteiger partial charge on any atom is 0.193 e. The van der Waals surface area contributed by atoms with E-state index in [4.69, 9.17) is 0 Å². The Morgan fingerprint density at radius 3 is 2.62 bits per heavy atom. The Morgan fingerprint density at radius 2 is 2.00 bits per heavy atom. The quantitative estimate of drug-likeness (QED) is 0.798. The summed E-state index contributed by atoms with van der Waals surface area (Å²) in [7, 11) is 0. The molecule has 2 aromatic rings. The van der Waals surface area contributed by atoms with Crippen LogP contribution in [-0.4, -0.2) is 4.98 Å². The van der Waals surface area contributed by atoms with E-state index in [9.17, 15) is 4.79 Å². The summed E-state index contributed by atoms with van der Waals surface area (Å²) in [5.74, 6) is 0.256. The number of rotatable bonds is 1. The van der Waals surface area contributed by atoms with Gasteiger partial charge in [-0.1, -0.05) is 13.8 Å². The smallest absolute Gasteiger partial charge is 0.193 e. The van der Waals surface area contributed by atoms with Crippen molar-refractivity contribution in [3.63, 3.8) is 0 Å². The summed E-state index contributed by atoms with van der Waals surface area (Å²) >= 11 is 2.23. The van der Waals surface area contributed by atoms with Crippen molar-refractivity contribution in [2.24, 2.45) is 0 Å². The van der Waals surface area contributed by atoms with Crippen LogP contribution >= 0.6 is 22.6 Å². The molecule has 0 bridgehead atoms. The number of aryl methyl sites for hydroxylation is 1. The van der Waals surface area contributed by atoms with E-state index < -0.39 is 0 Å². The number of pyridine rings is 1. The van der Waals surface area contributed by atoms with Gasteiger partial charge in [0.2, 0.25) is 0 Å². The molecule has 1 heterocycles. The standard InChI is InChI=1S/C13H14INO/c1-7(2)12-8(3)15-11-5-4-9(14)6-10(11)13(12)16/h4-7H,1-3H3,(H,15,16). The predicted molar refractivity (Wildman–Crippen MR) is 76.1 cm³/mol. The topological polar surface area (TPSA) is 32.9 Å². The van der Waals surface area contributed by atoms with Gasteiger partial charge in [-0.2, -0.15) is 0 Å². The normalized spacial score (nSPS) is 11.3. The number of hydrogen-bond donors (Lipinski definition) is 1. The van der Waals surface area contributed by atoms with Crippen LogP contribution in [0.1, 0.15) is 31.0 Å². The van der Waals surface area contributed by atoms with E-state index in [1.807, 2.05) is 25.1 Å². The van der Waals surface area contributed by atoms with Gasteiger partial charge in [0.1, 0.15) is 0 Å². The lowest BCUT2D eigenvalue weighted by molar-refractivity contribution is 0.839. The third kappa shape index (κ3) is 1.88. The zero-order valence-electron chi connectivity index (χ0n) is 9.60. The molecule has 1 aromatic carbocycles. The molecule has 0 aliphatic heterocycles. The van der Waals surface area contributed by atoms with Crippen LogP contribution < -0.4 is 5.43 Å². The molecule has 0 aliphatic carbocycles. The second-order valence-corrected chi connectivity index (χ2v) is 5.58. The molecule has 16 heavy (non-hydrogen) atoms. The number of benzene rings is 1.